The van der Waals surface area contributed by atoms with E-state index in [9.17, 15) is 0 Å². The number of hydrogen-bond donors (Lipinski definition) is 16. The van der Waals surface area contributed by atoms with Crippen LogP contribution in [0.15, 0.2) is 0 Å². The van der Waals surface area contributed by atoms with Crippen molar-refractivity contribution in [3.05, 3.63) is 0 Å². The van der Waals surface area contributed by atoms with Crippen molar-refractivity contribution in [2.45, 2.75) is 236 Å². The molecule has 0 heterocycles. The van der Waals surface area contributed by atoms with Crippen LogP contribution in [0.4, 0.5) is 0 Å². The predicted molar refractivity (Wildman–Crippen MR) is 378 cm³/mol. The second kappa shape index (κ2) is 129. The molecule has 0 aromatic carbocycles. The molecule has 0 aromatic heterocycles. The van der Waals surface area contributed by atoms with Crippen LogP contribution in [0.5, 0.6) is 0 Å². The van der Waals surface area contributed by atoms with Gasteiger partial charge < -0.3 is 76.7 Å². The summed E-state index contributed by atoms with van der Waals surface area (Å²) in [6, 6.07) is 0. The average molecular weight is 1340 g/mol. The quantitative estimate of drug-likeness (QED) is 0.141. The molecule has 34 heteroatoms. The third-order valence-corrected chi connectivity index (χ3v) is 0. The third-order valence-electron chi connectivity index (χ3n) is 0. The maximum Gasteiger partial charge on any atom is 0.166 e. The first kappa shape index (κ1) is 125. The maximum atomic E-state index is 8.19. The molecule has 0 aliphatic heterocycles. The van der Waals surface area contributed by atoms with E-state index >= 15 is 0 Å². The van der Waals surface area contributed by atoms with E-state index in [2.05, 4.69) is 39.3 Å². The summed E-state index contributed by atoms with van der Waals surface area (Å²) in [6.45, 7) is 69.6. The van der Waals surface area contributed by atoms with Gasteiger partial charge in [-0.05, 0) is 183 Å². The van der Waals surface area contributed by atoms with Gasteiger partial charge in [-0.15, -0.1) is 0 Å². The van der Waals surface area contributed by atoms with Crippen LogP contribution in [0.3, 0.4) is 0 Å². The molecule has 0 saturated carbocycles. The first-order valence-electron chi connectivity index (χ1n) is 25.3. The number of hydrogen-bond acceptors (Lipinski definition) is 16. The molecule has 0 aliphatic carbocycles. The lowest BCUT2D eigenvalue weighted by molar-refractivity contribution is 0.586. The van der Waals surface area contributed by atoms with Crippen molar-refractivity contribution in [1.29, 1.82) is 0 Å². The van der Waals surface area contributed by atoms with E-state index in [0.717, 1.165) is 0 Å². The Morgan fingerprint density at radius 3 is 0.157 bits per heavy atom. The third kappa shape index (κ3) is 33000. The molecule has 16 nitrogen and oxygen atoms in total. The minimum absolute atomic E-state index is 0.139. The lowest BCUT2D eigenvalue weighted by Gasteiger charge is -1.76. The molecule has 0 aliphatic rings. The normalized spacial score (nSPS) is 9.09. The Hall–Kier alpha value is 3.26. The van der Waals surface area contributed by atoms with Crippen LogP contribution in [0.2, 0.25) is 236 Å². The zero-order valence-corrected chi connectivity index (χ0v) is 75.1. The summed E-state index contributed by atoms with van der Waals surface area (Å²) >= 11 is 0. The predicted octanol–water partition coefficient (Wildman–Crippen LogP) is -0.104. The second-order valence-electron chi connectivity index (χ2n) is 19.4. The topological polar surface area (TPSA) is 324 Å². The van der Waals surface area contributed by atoms with Crippen LogP contribution in [0.1, 0.15) is 0 Å². The van der Waals surface area contributed by atoms with Gasteiger partial charge in [0.2, 0.25) is 0 Å². The van der Waals surface area contributed by atoms with Crippen molar-refractivity contribution in [2.75, 3.05) is 0 Å². The zero-order valence-electron chi connectivity index (χ0n) is 53.8. The summed E-state index contributed by atoms with van der Waals surface area (Å²) in [4.78, 5) is 130. The molecule has 0 spiro atoms. The van der Waals surface area contributed by atoms with Gasteiger partial charge in [0.15, 0.2) is 146 Å². The van der Waals surface area contributed by atoms with E-state index in [-0.39, 0.29) is 17.6 Å². The molecule has 0 amide bonds. The van der Waals surface area contributed by atoms with Crippen molar-refractivity contribution in [3.8, 4) is 0 Å². The first-order valence-corrected chi connectivity index (χ1v) is 75.9. The summed E-state index contributed by atoms with van der Waals surface area (Å²) in [5, 5.41) is 0. The van der Waals surface area contributed by atoms with E-state index in [1.54, 1.807) is 0 Å². The highest BCUT2D eigenvalue weighted by molar-refractivity contribution is 6.54. The minimum atomic E-state index is -1.14. The van der Waals surface area contributed by atoms with E-state index in [1.165, 1.54) is 0 Å². The van der Waals surface area contributed by atoms with Crippen molar-refractivity contribution in [1.82, 2.24) is 0 Å². The van der Waals surface area contributed by atoms with Crippen molar-refractivity contribution in [3.63, 3.8) is 0 Å². The first-order chi connectivity index (χ1) is 30.5. The summed E-state index contributed by atoms with van der Waals surface area (Å²) < 4.78 is 0. The highest BCUT2D eigenvalue weighted by atomic mass is 28.3. The summed E-state index contributed by atoms with van der Waals surface area (Å²) in [7, 11) is -17.4. The Balaban J connectivity index is -0.0000000256. The van der Waals surface area contributed by atoms with Gasteiger partial charge >= 0.3 is 0 Å². The van der Waals surface area contributed by atoms with Gasteiger partial charge in [0.05, 0.1) is 0 Å². The van der Waals surface area contributed by atoms with Crippen LogP contribution < -0.4 is 0 Å². The molecular formula is C36H144O16Si18. The Kier molecular flexibility index (Phi) is 231. The van der Waals surface area contributed by atoms with Gasteiger partial charge in [0.1, 0.15) is 0 Å². The zero-order chi connectivity index (χ0) is 62.7. The van der Waals surface area contributed by atoms with Crippen LogP contribution >= 0.6 is 0 Å². The smallest absolute Gasteiger partial charge is 0.166 e. The fraction of sp³-hybridized carbons (Fsp3) is 1.00. The van der Waals surface area contributed by atoms with Gasteiger partial charge in [0.25, 0.3) is 0 Å². The van der Waals surface area contributed by atoms with Gasteiger partial charge in [-0.1, -0.05) is 52.4 Å². The molecular weight excluding hydrogens is 1190 g/mol. The van der Waals surface area contributed by atoms with E-state index in [1.807, 2.05) is 196 Å². The molecule has 0 radical (unpaired) electrons. The highest BCUT2D eigenvalue weighted by Crippen LogP contribution is 1.69. The van der Waals surface area contributed by atoms with Crippen LogP contribution in [0.25, 0.3) is 0 Å². The van der Waals surface area contributed by atoms with Crippen LogP contribution in [-0.2, 0) is 0 Å². The Bertz CT molecular complexity index is 398. The number of rotatable bonds is 0. The van der Waals surface area contributed by atoms with Crippen LogP contribution in [0, 0.1) is 0 Å². The molecule has 0 bridgehead atoms. The molecule has 0 fully saturated rings. The molecule has 16 N–H and O–H groups in total. The molecule has 456 valence electrons. The van der Waals surface area contributed by atoms with Crippen molar-refractivity contribution < 1.29 is 76.7 Å². The van der Waals surface area contributed by atoms with Crippen molar-refractivity contribution in [2.24, 2.45) is 0 Å². The molecule has 0 rings (SSSR count). The average Bonchev–Trinajstić information content (AvgIpc) is 2.93. The van der Waals surface area contributed by atoms with Gasteiger partial charge in [-0.25, -0.2) is 0 Å². The summed E-state index contributed by atoms with van der Waals surface area (Å²) in [6.07, 6.45) is 0. The Labute approximate surface area is 472 Å². The van der Waals surface area contributed by atoms with Gasteiger partial charge in [-0.2, -0.15) is 0 Å². The second-order valence-corrected chi connectivity index (χ2v) is 58.2. The van der Waals surface area contributed by atoms with Crippen LogP contribution in [-0.4, -0.2) is 240 Å². The standard InChI is InChI=1S/2C3H10Si.14C2H8OSi.2CH6OSi/c16*1-4(2)3;2*1-3-2/h2*4H,1-3H3;14*3-4H,1-2H3;2*2H,3H2,1H3. The molecule has 0 atom stereocenters. The van der Waals surface area contributed by atoms with Gasteiger partial charge in [-0.3, -0.25) is 0 Å². The minimum Gasteiger partial charge on any atom is -0.438 e. The molecule has 70 heavy (non-hydrogen) atoms. The molecule has 0 saturated heterocycles. The molecule has 0 aromatic rings. The molecule has 0 unspecified atom stereocenters. The monoisotopic (exact) mass is 1340 g/mol. The largest absolute Gasteiger partial charge is 0.438 e. The van der Waals surface area contributed by atoms with E-state index < -0.39 is 146 Å². The van der Waals surface area contributed by atoms with E-state index in [0.29, 0.717) is 0 Å². The van der Waals surface area contributed by atoms with Gasteiger partial charge in [0, 0.05) is 17.6 Å². The van der Waals surface area contributed by atoms with E-state index in [4.69, 9.17) is 76.7 Å². The lowest BCUT2D eigenvalue weighted by atomic mass is 11.8. The lowest BCUT2D eigenvalue weighted by Crippen LogP contribution is -1.93. The SMILES string of the molecule is C[SiH2]O.C[SiH2]O.C[SiH](C)C.C[SiH](C)C.C[SiH](C)O.C[SiH](C)O.C[SiH](C)O.C[SiH](C)O.C[SiH](C)O.C[SiH](C)O.C[SiH](C)O.C[SiH](C)O.C[SiH](C)O.C[SiH](C)O.C[SiH](C)O.C[SiH](C)O.C[SiH](C)O.C[SiH](C)O. The Morgan fingerprint density at radius 1 is 0.157 bits per heavy atom. The summed E-state index contributed by atoms with van der Waals surface area (Å²) in [5.41, 5.74) is 0. The fourth-order valence-electron chi connectivity index (χ4n) is 0. The maximum absolute atomic E-state index is 8.19. The highest BCUT2D eigenvalue weighted by Gasteiger charge is 1.80. The fourth-order valence-corrected chi connectivity index (χ4v) is 0. The Morgan fingerprint density at radius 2 is 0.157 bits per heavy atom. The summed E-state index contributed by atoms with van der Waals surface area (Å²) in [5.74, 6) is 0. The van der Waals surface area contributed by atoms with Crippen molar-refractivity contribution >= 4 is 164 Å².